The molecule has 0 saturated carbocycles. The predicted molar refractivity (Wildman–Crippen MR) is 133 cm³/mol. The number of anilines is 2. The normalized spacial score (nSPS) is 14.5. The Labute approximate surface area is 203 Å². The number of hydrogen-bond donors (Lipinski definition) is 1. The Hall–Kier alpha value is -3.88. The van der Waals surface area contributed by atoms with Crippen molar-refractivity contribution in [1.82, 2.24) is 9.97 Å². The highest BCUT2D eigenvalue weighted by Crippen LogP contribution is 2.35. The molecule has 3 aromatic carbocycles. The fourth-order valence-corrected chi connectivity index (χ4v) is 3.67. The quantitative estimate of drug-likeness (QED) is 0.444. The van der Waals surface area contributed by atoms with Crippen LogP contribution < -0.4 is 19.5 Å². The molecule has 8 heteroatoms. The largest absolute Gasteiger partial charge is 0.489 e. The monoisotopic (exact) mass is 473 g/mol. The molecule has 5 rings (SSSR count). The van der Waals surface area contributed by atoms with Crippen LogP contribution >= 0.6 is 0 Å². The molecule has 0 unspecified atom stereocenters. The first-order valence-electron chi connectivity index (χ1n) is 11.6. The maximum Gasteiger partial charge on any atom is 0.163 e. The highest BCUT2D eigenvalue weighted by Gasteiger charge is 2.13. The number of ether oxygens (including phenoxy) is 5. The molecule has 1 N–H and O–H groups in total. The molecule has 0 spiro atoms. The van der Waals surface area contributed by atoms with E-state index >= 15 is 0 Å². The summed E-state index contributed by atoms with van der Waals surface area (Å²) in [6.07, 6.45) is 1.53. The molecule has 1 aromatic heterocycles. The average Bonchev–Trinajstić information content (AvgIpc) is 2.88. The summed E-state index contributed by atoms with van der Waals surface area (Å²) in [6, 6.07) is 21.6. The maximum atomic E-state index is 5.97. The van der Waals surface area contributed by atoms with Crippen LogP contribution in [-0.2, 0) is 16.1 Å². The summed E-state index contributed by atoms with van der Waals surface area (Å²) in [4.78, 5) is 8.91. The number of fused-ring (bicyclic) bond motifs is 2. The Morgan fingerprint density at radius 2 is 1.49 bits per heavy atom. The lowest BCUT2D eigenvalue weighted by Gasteiger charge is -2.17. The molecule has 0 atom stereocenters. The van der Waals surface area contributed by atoms with Gasteiger partial charge in [0.25, 0.3) is 0 Å². The second kappa shape index (κ2) is 11.5. The number of aromatic nitrogens is 2. The van der Waals surface area contributed by atoms with Crippen molar-refractivity contribution in [1.29, 1.82) is 0 Å². The van der Waals surface area contributed by atoms with Gasteiger partial charge in [0.15, 0.2) is 11.5 Å². The molecule has 0 radical (unpaired) electrons. The van der Waals surface area contributed by atoms with Gasteiger partial charge in [0, 0.05) is 23.2 Å². The second-order valence-corrected chi connectivity index (χ2v) is 7.89. The Morgan fingerprint density at radius 1 is 0.743 bits per heavy atom. The second-order valence-electron chi connectivity index (χ2n) is 7.89. The molecular formula is C27H27N3O5. The summed E-state index contributed by atoms with van der Waals surface area (Å²) in [5, 5.41) is 4.20. The zero-order valence-corrected chi connectivity index (χ0v) is 19.3. The van der Waals surface area contributed by atoms with Gasteiger partial charge in [-0.1, -0.05) is 36.4 Å². The van der Waals surface area contributed by atoms with Crippen molar-refractivity contribution in [2.75, 3.05) is 45.0 Å². The highest BCUT2D eigenvalue weighted by molar-refractivity contribution is 5.93. The molecule has 1 aliphatic heterocycles. The van der Waals surface area contributed by atoms with Crippen LogP contribution in [-0.4, -0.2) is 49.6 Å². The molecule has 1 aliphatic rings. The number of hydrogen-bond acceptors (Lipinski definition) is 8. The van der Waals surface area contributed by atoms with Gasteiger partial charge >= 0.3 is 0 Å². The van der Waals surface area contributed by atoms with E-state index in [1.165, 1.54) is 6.33 Å². The van der Waals surface area contributed by atoms with Gasteiger partial charge in [0.05, 0.1) is 31.9 Å². The smallest absolute Gasteiger partial charge is 0.163 e. The van der Waals surface area contributed by atoms with Gasteiger partial charge in [0.2, 0.25) is 0 Å². The van der Waals surface area contributed by atoms with Crippen molar-refractivity contribution in [2.45, 2.75) is 6.61 Å². The lowest BCUT2D eigenvalue weighted by molar-refractivity contribution is 0.0224. The Kier molecular flexibility index (Phi) is 7.52. The number of nitrogens with zero attached hydrogens (tertiary/aromatic N) is 2. The minimum absolute atomic E-state index is 0.402. The Balaban J connectivity index is 1.37. The van der Waals surface area contributed by atoms with Crippen molar-refractivity contribution >= 4 is 22.4 Å². The molecule has 2 heterocycles. The van der Waals surface area contributed by atoms with Crippen molar-refractivity contribution in [3.8, 4) is 17.2 Å². The molecular weight excluding hydrogens is 446 g/mol. The minimum atomic E-state index is 0.402. The van der Waals surface area contributed by atoms with Gasteiger partial charge in [-0.2, -0.15) is 0 Å². The average molecular weight is 474 g/mol. The fourth-order valence-electron chi connectivity index (χ4n) is 3.67. The van der Waals surface area contributed by atoms with Crippen molar-refractivity contribution in [3.63, 3.8) is 0 Å². The van der Waals surface area contributed by atoms with Crippen LogP contribution in [0.1, 0.15) is 5.56 Å². The zero-order chi connectivity index (χ0) is 23.7. The van der Waals surface area contributed by atoms with Gasteiger partial charge in [-0.05, 0) is 23.8 Å². The van der Waals surface area contributed by atoms with E-state index in [-0.39, 0.29) is 0 Å². The maximum absolute atomic E-state index is 5.97. The van der Waals surface area contributed by atoms with E-state index in [9.17, 15) is 0 Å². The first-order valence-corrected chi connectivity index (χ1v) is 11.6. The van der Waals surface area contributed by atoms with Crippen molar-refractivity contribution < 1.29 is 23.7 Å². The molecule has 0 amide bonds. The molecule has 8 nitrogen and oxygen atoms in total. The van der Waals surface area contributed by atoms with Gasteiger partial charge in [-0.15, -0.1) is 0 Å². The molecule has 0 bridgehead atoms. The number of benzene rings is 3. The molecule has 180 valence electrons. The topological polar surface area (TPSA) is 84.0 Å². The minimum Gasteiger partial charge on any atom is -0.489 e. The highest BCUT2D eigenvalue weighted by atomic mass is 16.6. The summed E-state index contributed by atoms with van der Waals surface area (Å²) in [6.45, 7) is 3.32. The van der Waals surface area contributed by atoms with Gasteiger partial charge in [-0.25, -0.2) is 9.97 Å². The molecule has 0 fully saturated rings. The number of nitrogens with one attached hydrogen (secondary N) is 1. The summed E-state index contributed by atoms with van der Waals surface area (Å²) in [5.74, 6) is 2.65. The third-order valence-electron chi connectivity index (χ3n) is 5.39. The lowest BCUT2D eigenvalue weighted by atomic mass is 10.2. The van der Waals surface area contributed by atoms with Gasteiger partial charge in [-0.3, -0.25) is 0 Å². The molecule has 4 aromatic rings. The molecule has 0 aliphatic carbocycles. The Morgan fingerprint density at radius 3 is 2.29 bits per heavy atom. The summed E-state index contributed by atoms with van der Waals surface area (Å²) < 4.78 is 28.9. The lowest BCUT2D eigenvalue weighted by Crippen LogP contribution is -2.15. The van der Waals surface area contributed by atoms with Crippen LogP contribution in [0.25, 0.3) is 10.9 Å². The first-order chi connectivity index (χ1) is 17.3. The fraction of sp³-hybridized carbons (Fsp3) is 0.259. The zero-order valence-electron chi connectivity index (χ0n) is 19.3. The van der Waals surface area contributed by atoms with Crippen LogP contribution in [0.3, 0.4) is 0 Å². The first kappa shape index (κ1) is 22.9. The van der Waals surface area contributed by atoms with E-state index in [2.05, 4.69) is 15.3 Å². The summed E-state index contributed by atoms with van der Waals surface area (Å²) >= 11 is 0. The predicted octanol–water partition coefficient (Wildman–Crippen LogP) is 4.76. The summed E-state index contributed by atoms with van der Waals surface area (Å²) in [7, 11) is 0. The van der Waals surface area contributed by atoms with E-state index in [1.54, 1.807) is 0 Å². The van der Waals surface area contributed by atoms with E-state index in [1.807, 2.05) is 66.7 Å². The Bertz CT molecular complexity index is 1250. The van der Waals surface area contributed by atoms with Gasteiger partial charge in [0.1, 0.15) is 37.7 Å². The van der Waals surface area contributed by atoms with Crippen LogP contribution in [0.2, 0.25) is 0 Å². The van der Waals surface area contributed by atoms with Crippen LogP contribution in [0.5, 0.6) is 17.2 Å². The van der Waals surface area contributed by atoms with Gasteiger partial charge < -0.3 is 29.0 Å². The third-order valence-corrected chi connectivity index (χ3v) is 5.39. The summed E-state index contributed by atoms with van der Waals surface area (Å²) in [5.41, 5.74) is 2.71. The molecule has 35 heavy (non-hydrogen) atoms. The van der Waals surface area contributed by atoms with Crippen LogP contribution in [0, 0.1) is 0 Å². The third kappa shape index (κ3) is 6.17. The van der Waals surface area contributed by atoms with Crippen molar-refractivity contribution in [3.05, 3.63) is 78.6 Å². The van der Waals surface area contributed by atoms with Crippen LogP contribution in [0.4, 0.5) is 11.5 Å². The van der Waals surface area contributed by atoms with Crippen LogP contribution in [0.15, 0.2) is 73.1 Å². The van der Waals surface area contributed by atoms with E-state index in [0.29, 0.717) is 63.6 Å². The van der Waals surface area contributed by atoms with Crippen molar-refractivity contribution in [2.24, 2.45) is 0 Å². The number of rotatable bonds is 5. The van der Waals surface area contributed by atoms with E-state index < -0.39 is 0 Å². The van der Waals surface area contributed by atoms with E-state index in [0.717, 1.165) is 27.9 Å². The standard InChI is InChI=1S/C27H27N3O5/c1-2-5-20(6-3-1)18-35-22-8-4-7-21(15-22)30-27-23-16-25-26(17-24(23)28-19-29-27)34-14-12-32-10-9-31-11-13-33-25/h1-8,15-17,19H,9-14,18H2,(H,28,29,30). The molecule has 0 saturated heterocycles. The van der Waals surface area contributed by atoms with E-state index in [4.69, 9.17) is 23.7 Å². The SMILES string of the molecule is c1ccc(COc2cccc(Nc3ncnc4cc5c(cc34)OCCOCCOCCO5)c2)cc1.